The number of benzene rings is 2. The zero-order valence-corrected chi connectivity index (χ0v) is 17.3. The molecule has 0 bridgehead atoms. The average molecular weight is 460 g/mol. The van der Waals surface area contributed by atoms with Gasteiger partial charge in [0.25, 0.3) is 0 Å². The van der Waals surface area contributed by atoms with Gasteiger partial charge in [0.05, 0.1) is 0 Å². The second-order valence-electron chi connectivity index (χ2n) is 6.46. The Hall–Kier alpha value is -1.45. The van der Waals surface area contributed by atoms with Crippen LogP contribution in [0.25, 0.3) is 12.2 Å². The highest BCUT2D eigenvalue weighted by Crippen LogP contribution is 2.34. The van der Waals surface area contributed by atoms with Crippen molar-refractivity contribution >= 4 is 49.8 Å². The van der Waals surface area contributed by atoms with Gasteiger partial charge in [-0.15, -0.1) is 0 Å². The van der Waals surface area contributed by atoms with Gasteiger partial charge >= 0.3 is 0 Å². The highest BCUT2D eigenvalue weighted by Gasteiger charge is 2.26. The summed E-state index contributed by atoms with van der Waals surface area (Å²) in [7, 11) is 0. The number of hydrogen-bond acceptors (Lipinski definition) is 1. The number of carbonyl (C=O) groups excluding carboxylic acids is 1. The topological polar surface area (TPSA) is 17.1 Å². The van der Waals surface area contributed by atoms with Crippen molar-refractivity contribution in [2.45, 2.75) is 26.2 Å². The lowest BCUT2D eigenvalue weighted by molar-refractivity contribution is -0.113. The van der Waals surface area contributed by atoms with E-state index in [1.165, 1.54) is 0 Å². The molecular weight excluding hydrogens is 440 g/mol. The van der Waals surface area contributed by atoms with Crippen molar-refractivity contribution in [3.8, 4) is 0 Å². The molecule has 2 aromatic carbocycles. The number of ketones is 1. The lowest BCUT2D eigenvalue weighted by atomic mass is 9.79. The first kappa shape index (κ1) is 18.3. The Bertz CT molecular complexity index is 781. The van der Waals surface area contributed by atoms with Crippen LogP contribution in [0.15, 0.2) is 68.6 Å². The fraction of sp³-hybridized carbons (Fsp3) is 0.227. The molecular formula is C22H20Br2O. The summed E-state index contributed by atoms with van der Waals surface area (Å²) in [5.41, 5.74) is 3.96. The number of halogens is 2. The van der Waals surface area contributed by atoms with Crippen molar-refractivity contribution in [3.05, 3.63) is 79.7 Å². The molecule has 2 aromatic rings. The van der Waals surface area contributed by atoms with Crippen LogP contribution in [0.2, 0.25) is 0 Å². The zero-order chi connectivity index (χ0) is 17.8. The van der Waals surface area contributed by atoms with Crippen LogP contribution < -0.4 is 0 Å². The van der Waals surface area contributed by atoms with Crippen LogP contribution in [0.3, 0.4) is 0 Å². The molecule has 0 atom stereocenters. The van der Waals surface area contributed by atoms with Gasteiger partial charge in [0.2, 0.25) is 0 Å². The summed E-state index contributed by atoms with van der Waals surface area (Å²) in [5, 5.41) is 0. The minimum absolute atomic E-state index is 0.185. The Morgan fingerprint density at radius 3 is 1.80 bits per heavy atom. The molecule has 1 saturated carbocycles. The van der Waals surface area contributed by atoms with E-state index in [-0.39, 0.29) is 5.78 Å². The zero-order valence-electron chi connectivity index (χ0n) is 14.1. The summed E-state index contributed by atoms with van der Waals surface area (Å²) in [5.74, 6) is 0.708. The fourth-order valence-corrected chi connectivity index (χ4v) is 4.05. The Labute approximate surface area is 166 Å². The number of hydrogen-bond donors (Lipinski definition) is 0. The molecule has 1 aliphatic rings. The van der Waals surface area contributed by atoms with Gasteiger partial charge in [0.1, 0.15) is 0 Å². The van der Waals surface area contributed by atoms with Crippen LogP contribution in [0, 0.1) is 5.92 Å². The maximum absolute atomic E-state index is 13.0. The molecule has 0 amide bonds. The van der Waals surface area contributed by atoms with Crippen molar-refractivity contribution < 1.29 is 4.79 Å². The minimum Gasteiger partial charge on any atom is -0.289 e. The lowest BCUT2D eigenvalue weighted by Gasteiger charge is -2.25. The molecule has 1 nitrogen and oxygen atoms in total. The third-order valence-electron chi connectivity index (χ3n) is 4.56. The molecule has 0 unspecified atom stereocenters. The summed E-state index contributed by atoms with van der Waals surface area (Å²) in [6.45, 7) is 2.20. The van der Waals surface area contributed by atoms with Crippen LogP contribution in [0.4, 0.5) is 0 Å². The van der Waals surface area contributed by atoms with E-state index >= 15 is 0 Å². The largest absolute Gasteiger partial charge is 0.289 e. The van der Waals surface area contributed by atoms with Crippen molar-refractivity contribution in [1.29, 1.82) is 0 Å². The lowest BCUT2D eigenvalue weighted by Crippen LogP contribution is -2.19. The van der Waals surface area contributed by atoms with E-state index in [1.807, 2.05) is 60.7 Å². The summed E-state index contributed by atoms with van der Waals surface area (Å²) < 4.78 is 2.06. The van der Waals surface area contributed by atoms with Crippen LogP contribution in [-0.4, -0.2) is 5.78 Å². The Morgan fingerprint density at radius 2 is 1.40 bits per heavy atom. The van der Waals surface area contributed by atoms with Crippen LogP contribution >= 0.6 is 31.9 Å². The standard InChI is InChI=1S/C22H20Br2O/c1-2-15-9-18(11-16-5-3-7-20(23)13-16)22(25)19(10-15)12-17-6-4-8-21(24)14-17/h3-8,11-15H,2,9-10H2,1H3. The predicted octanol–water partition coefficient (Wildman–Crippen LogP) is 7.07. The van der Waals surface area contributed by atoms with E-state index in [0.29, 0.717) is 5.92 Å². The van der Waals surface area contributed by atoms with Crippen molar-refractivity contribution in [2.24, 2.45) is 5.92 Å². The first-order chi connectivity index (χ1) is 12.0. The second-order valence-corrected chi connectivity index (χ2v) is 8.29. The molecule has 0 aromatic heterocycles. The maximum Gasteiger partial charge on any atom is 0.185 e. The van der Waals surface area contributed by atoms with Gasteiger partial charge in [-0.2, -0.15) is 0 Å². The van der Waals surface area contributed by atoms with Crippen LogP contribution in [-0.2, 0) is 4.79 Å². The van der Waals surface area contributed by atoms with Gasteiger partial charge in [0.15, 0.2) is 5.78 Å². The molecule has 128 valence electrons. The monoisotopic (exact) mass is 458 g/mol. The fourth-order valence-electron chi connectivity index (χ4n) is 3.22. The highest BCUT2D eigenvalue weighted by molar-refractivity contribution is 9.10. The van der Waals surface area contributed by atoms with E-state index in [1.54, 1.807) is 0 Å². The number of rotatable bonds is 3. The number of Topliss-reactive ketones (excluding diaryl/α,β-unsaturated/α-hetero) is 1. The van der Waals surface area contributed by atoms with Crippen molar-refractivity contribution in [2.75, 3.05) is 0 Å². The third-order valence-corrected chi connectivity index (χ3v) is 5.54. The maximum atomic E-state index is 13.0. The molecule has 0 saturated heterocycles. The first-order valence-electron chi connectivity index (χ1n) is 8.52. The van der Waals surface area contributed by atoms with Gasteiger partial charge in [0, 0.05) is 20.1 Å². The van der Waals surface area contributed by atoms with Crippen molar-refractivity contribution in [1.82, 2.24) is 0 Å². The summed E-state index contributed by atoms with van der Waals surface area (Å²) in [4.78, 5) is 13.0. The van der Waals surface area contributed by atoms with E-state index in [2.05, 4.69) is 38.8 Å². The molecule has 1 aliphatic carbocycles. The van der Waals surface area contributed by atoms with Gasteiger partial charge in [-0.1, -0.05) is 69.5 Å². The van der Waals surface area contributed by atoms with E-state index in [9.17, 15) is 4.79 Å². The minimum atomic E-state index is 0.185. The van der Waals surface area contributed by atoms with E-state index < -0.39 is 0 Å². The first-order valence-corrected chi connectivity index (χ1v) is 10.1. The molecule has 0 spiro atoms. The van der Waals surface area contributed by atoms with Gasteiger partial charge in [-0.05, 0) is 66.3 Å². The Balaban J connectivity index is 1.96. The normalized spacial score (nSPS) is 21.1. The highest BCUT2D eigenvalue weighted by atomic mass is 79.9. The second kappa shape index (κ2) is 8.29. The van der Waals surface area contributed by atoms with Crippen molar-refractivity contribution in [3.63, 3.8) is 0 Å². The molecule has 3 heteroatoms. The van der Waals surface area contributed by atoms with Gasteiger partial charge in [-0.25, -0.2) is 0 Å². The number of carbonyl (C=O) groups is 1. The average Bonchev–Trinajstić information content (AvgIpc) is 2.58. The quantitative estimate of drug-likeness (QED) is 0.448. The van der Waals surface area contributed by atoms with Gasteiger partial charge in [-0.3, -0.25) is 4.79 Å². The molecule has 0 radical (unpaired) electrons. The van der Waals surface area contributed by atoms with Crippen LogP contribution in [0.1, 0.15) is 37.3 Å². The van der Waals surface area contributed by atoms with Gasteiger partial charge < -0.3 is 0 Å². The van der Waals surface area contributed by atoms with E-state index in [0.717, 1.165) is 50.5 Å². The summed E-state index contributed by atoms with van der Waals surface area (Å²) in [6, 6.07) is 16.2. The predicted molar refractivity (Wildman–Crippen MR) is 112 cm³/mol. The SMILES string of the molecule is CCC1CC(=Cc2cccc(Br)c2)C(=O)C(=Cc2cccc(Br)c2)C1. The molecule has 1 fully saturated rings. The molecule has 25 heavy (non-hydrogen) atoms. The Kier molecular flexibility index (Phi) is 6.08. The van der Waals surface area contributed by atoms with Crippen LogP contribution in [0.5, 0.6) is 0 Å². The number of allylic oxidation sites excluding steroid dienone is 2. The Morgan fingerprint density at radius 1 is 0.920 bits per heavy atom. The smallest absolute Gasteiger partial charge is 0.185 e. The van der Waals surface area contributed by atoms with E-state index in [4.69, 9.17) is 0 Å². The molecule has 3 rings (SSSR count). The summed E-state index contributed by atoms with van der Waals surface area (Å²) >= 11 is 7.00. The molecule has 0 aliphatic heterocycles. The molecule has 0 heterocycles. The molecule has 0 N–H and O–H groups in total. The third kappa shape index (κ3) is 4.80. The summed E-state index contributed by atoms with van der Waals surface area (Å²) in [6.07, 6.45) is 6.89.